The summed E-state index contributed by atoms with van der Waals surface area (Å²) < 4.78 is 16.7. The van der Waals surface area contributed by atoms with Gasteiger partial charge in [-0.25, -0.2) is 9.78 Å². The number of rotatable bonds is 4. The van der Waals surface area contributed by atoms with E-state index < -0.39 is 11.5 Å². The average Bonchev–Trinajstić information content (AvgIpc) is 3.05. The lowest BCUT2D eigenvalue weighted by Crippen LogP contribution is -2.22. The molecule has 0 fully saturated rings. The zero-order chi connectivity index (χ0) is 16.6. The number of fused-ring (bicyclic) bond motifs is 1. The summed E-state index contributed by atoms with van der Waals surface area (Å²) in [5, 5.41) is 3.96. The van der Waals surface area contributed by atoms with Crippen molar-refractivity contribution in [2.45, 2.75) is 27.3 Å². The van der Waals surface area contributed by atoms with E-state index in [9.17, 15) is 9.59 Å². The van der Waals surface area contributed by atoms with Gasteiger partial charge in [0.05, 0.1) is 13.2 Å². The number of carbonyl (C=O) groups excluding carboxylic acids is 1. The van der Waals surface area contributed by atoms with E-state index in [2.05, 4.69) is 10.1 Å². The Kier molecular flexibility index (Phi) is 3.73. The number of carbonyl (C=O) groups is 1. The van der Waals surface area contributed by atoms with Crippen LogP contribution in [0.3, 0.4) is 0 Å². The molecule has 0 amide bonds. The number of ether oxygens (including phenoxy) is 1. The minimum absolute atomic E-state index is 0.114. The molecule has 0 radical (unpaired) electrons. The van der Waals surface area contributed by atoms with Crippen LogP contribution in [0.4, 0.5) is 0 Å². The Labute approximate surface area is 130 Å². The molecular weight excluding hydrogens is 302 g/mol. The van der Waals surface area contributed by atoms with Crippen molar-refractivity contribution in [2.75, 3.05) is 6.61 Å². The van der Waals surface area contributed by atoms with Gasteiger partial charge in [-0.3, -0.25) is 9.36 Å². The second-order valence-electron chi connectivity index (χ2n) is 5.04. The third-order valence-electron chi connectivity index (χ3n) is 3.34. The van der Waals surface area contributed by atoms with E-state index in [1.54, 1.807) is 26.8 Å². The molecule has 0 bridgehead atoms. The maximum atomic E-state index is 12.7. The van der Waals surface area contributed by atoms with Gasteiger partial charge < -0.3 is 13.7 Å². The van der Waals surface area contributed by atoms with Crippen LogP contribution in [0.1, 0.15) is 34.5 Å². The number of aryl methyl sites for hydroxylation is 2. The lowest BCUT2D eigenvalue weighted by molar-refractivity contribution is 0.0526. The molecule has 0 N–H and O–H groups in total. The van der Waals surface area contributed by atoms with Crippen LogP contribution in [-0.2, 0) is 11.3 Å². The molecule has 0 aliphatic heterocycles. The molecule has 8 heteroatoms. The van der Waals surface area contributed by atoms with Crippen molar-refractivity contribution in [3.8, 4) is 0 Å². The molecule has 23 heavy (non-hydrogen) atoms. The fourth-order valence-electron chi connectivity index (χ4n) is 2.37. The molecule has 0 saturated carbocycles. The molecule has 3 rings (SSSR count). The third kappa shape index (κ3) is 2.63. The standard InChI is InChI=1S/C15H15N3O5/c1-4-21-15(20)11-9(3)22-13-12(11)14(19)18(7-16-13)6-10-5-8(2)23-17-10/h5,7H,4,6H2,1-3H3. The van der Waals surface area contributed by atoms with E-state index in [4.69, 9.17) is 13.7 Å². The fourth-order valence-corrected chi connectivity index (χ4v) is 2.37. The molecule has 0 aromatic carbocycles. The lowest BCUT2D eigenvalue weighted by atomic mass is 10.2. The van der Waals surface area contributed by atoms with E-state index in [1.807, 2.05) is 0 Å². The normalized spacial score (nSPS) is 11.1. The van der Waals surface area contributed by atoms with Gasteiger partial charge in [0.2, 0.25) is 5.71 Å². The van der Waals surface area contributed by atoms with Gasteiger partial charge in [-0.1, -0.05) is 5.16 Å². The molecule has 0 atom stereocenters. The van der Waals surface area contributed by atoms with Gasteiger partial charge in [-0.15, -0.1) is 0 Å². The van der Waals surface area contributed by atoms with Crippen LogP contribution in [-0.4, -0.2) is 27.3 Å². The highest BCUT2D eigenvalue weighted by atomic mass is 16.5. The Morgan fingerprint density at radius 2 is 2.17 bits per heavy atom. The highest BCUT2D eigenvalue weighted by Gasteiger charge is 2.24. The summed E-state index contributed by atoms with van der Waals surface area (Å²) in [6.07, 6.45) is 1.35. The van der Waals surface area contributed by atoms with Gasteiger partial charge in [0.15, 0.2) is 0 Å². The Morgan fingerprint density at radius 3 is 2.83 bits per heavy atom. The minimum atomic E-state index is -0.599. The number of nitrogens with zero attached hydrogens (tertiary/aromatic N) is 3. The Balaban J connectivity index is 2.12. The van der Waals surface area contributed by atoms with E-state index in [0.29, 0.717) is 17.2 Å². The van der Waals surface area contributed by atoms with Crippen molar-refractivity contribution in [2.24, 2.45) is 0 Å². The van der Waals surface area contributed by atoms with Gasteiger partial charge in [0.1, 0.15) is 34.5 Å². The van der Waals surface area contributed by atoms with E-state index >= 15 is 0 Å². The van der Waals surface area contributed by atoms with E-state index in [1.165, 1.54) is 10.9 Å². The first kappa shape index (κ1) is 15.0. The first-order valence-corrected chi connectivity index (χ1v) is 7.09. The molecule has 0 spiro atoms. The van der Waals surface area contributed by atoms with Crippen molar-refractivity contribution >= 4 is 17.1 Å². The van der Waals surface area contributed by atoms with Crippen LogP contribution in [0, 0.1) is 13.8 Å². The second kappa shape index (κ2) is 5.71. The van der Waals surface area contributed by atoms with Crippen LogP contribution in [0.5, 0.6) is 0 Å². The summed E-state index contributed by atoms with van der Waals surface area (Å²) in [6, 6.07) is 1.73. The molecule has 3 aromatic rings. The molecule has 0 aliphatic rings. The number of aromatic nitrogens is 3. The number of furan rings is 1. The van der Waals surface area contributed by atoms with Crippen molar-refractivity contribution in [3.63, 3.8) is 0 Å². The maximum Gasteiger partial charge on any atom is 0.342 e. The molecule has 0 aliphatic carbocycles. The van der Waals surface area contributed by atoms with Crippen molar-refractivity contribution < 1.29 is 18.5 Å². The molecule has 0 unspecified atom stereocenters. The summed E-state index contributed by atoms with van der Waals surface area (Å²) in [4.78, 5) is 28.9. The maximum absolute atomic E-state index is 12.7. The third-order valence-corrected chi connectivity index (χ3v) is 3.34. The van der Waals surface area contributed by atoms with E-state index in [-0.39, 0.29) is 29.8 Å². The summed E-state index contributed by atoms with van der Waals surface area (Å²) in [5.74, 6) is 0.351. The average molecular weight is 317 g/mol. The first-order chi connectivity index (χ1) is 11.0. The molecule has 120 valence electrons. The summed E-state index contributed by atoms with van der Waals surface area (Å²) >= 11 is 0. The Hall–Kier alpha value is -2.90. The molecule has 0 saturated heterocycles. The smallest absolute Gasteiger partial charge is 0.342 e. The predicted molar refractivity (Wildman–Crippen MR) is 79.3 cm³/mol. The van der Waals surface area contributed by atoms with Gasteiger partial charge >= 0.3 is 5.97 Å². The van der Waals surface area contributed by atoms with Gasteiger partial charge in [0, 0.05) is 6.07 Å². The monoisotopic (exact) mass is 317 g/mol. The van der Waals surface area contributed by atoms with Gasteiger partial charge in [0.25, 0.3) is 5.56 Å². The number of esters is 1. The van der Waals surface area contributed by atoms with Gasteiger partial charge in [-0.05, 0) is 20.8 Å². The molecule has 3 aromatic heterocycles. The van der Waals surface area contributed by atoms with Crippen LogP contribution in [0.15, 0.2) is 26.1 Å². The van der Waals surface area contributed by atoms with Crippen LogP contribution in [0.2, 0.25) is 0 Å². The highest BCUT2D eigenvalue weighted by Crippen LogP contribution is 2.21. The fraction of sp³-hybridized carbons (Fsp3) is 0.333. The zero-order valence-corrected chi connectivity index (χ0v) is 13.0. The predicted octanol–water partition coefficient (Wildman–Crippen LogP) is 1.82. The lowest BCUT2D eigenvalue weighted by Gasteiger charge is -2.03. The Morgan fingerprint density at radius 1 is 1.39 bits per heavy atom. The second-order valence-corrected chi connectivity index (χ2v) is 5.04. The van der Waals surface area contributed by atoms with Crippen molar-refractivity contribution in [3.05, 3.63) is 45.5 Å². The van der Waals surface area contributed by atoms with Crippen LogP contribution < -0.4 is 5.56 Å². The quantitative estimate of drug-likeness (QED) is 0.676. The molecule has 3 heterocycles. The zero-order valence-electron chi connectivity index (χ0n) is 13.0. The largest absolute Gasteiger partial charge is 0.462 e. The summed E-state index contributed by atoms with van der Waals surface area (Å²) in [5.41, 5.74) is 0.423. The first-order valence-electron chi connectivity index (χ1n) is 7.09. The summed E-state index contributed by atoms with van der Waals surface area (Å²) in [7, 11) is 0. The van der Waals surface area contributed by atoms with E-state index in [0.717, 1.165) is 0 Å². The number of hydrogen-bond donors (Lipinski definition) is 0. The van der Waals surface area contributed by atoms with Crippen molar-refractivity contribution in [1.29, 1.82) is 0 Å². The molecule has 8 nitrogen and oxygen atoms in total. The van der Waals surface area contributed by atoms with Crippen LogP contribution in [0.25, 0.3) is 11.1 Å². The summed E-state index contributed by atoms with van der Waals surface area (Å²) in [6.45, 7) is 5.44. The minimum Gasteiger partial charge on any atom is -0.462 e. The van der Waals surface area contributed by atoms with Crippen molar-refractivity contribution in [1.82, 2.24) is 14.7 Å². The molecular formula is C15H15N3O5. The van der Waals surface area contributed by atoms with Gasteiger partial charge in [-0.2, -0.15) is 0 Å². The highest BCUT2D eigenvalue weighted by molar-refractivity contribution is 6.03. The topological polar surface area (TPSA) is 100 Å². The SMILES string of the molecule is CCOC(=O)c1c(C)oc2ncn(Cc3cc(C)on3)c(=O)c12. The number of hydrogen-bond acceptors (Lipinski definition) is 7. The Bertz CT molecular complexity index is 934. The van der Waals surface area contributed by atoms with Crippen LogP contribution >= 0.6 is 0 Å².